The molecule has 21 heavy (non-hydrogen) atoms. The number of aryl methyl sites for hydroxylation is 2. The van der Waals surface area contributed by atoms with Gasteiger partial charge in [-0.05, 0) is 44.9 Å². The molecule has 2 heterocycles. The number of hydrogen-bond donors (Lipinski definition) is 1. The minimum absolute atomic E-state index is 0.655. The van der Waals surface area contributed by atoms with Crippen molar-refractivity contribution in [2.45, 2.75) is 65.6 Å². The van der Waals surface area contributed by atoms with Gasteiger partial charge in [0, 0.05) is 30.1 Å². The van der Waals surface area contributed by atoms with E-state index in [-0.39, 0.29) is 0 Å². The molecule has 118 valence electrons. The van der Waals surface area contributed by atoms with Gasteiger partial charge in [-0.3, -0.25) is 4.90 Å². The number of nitrogens with one attached hydrogen (secondary N) is 1. The van der Waals surface area contributed by atoms with Crippen LogP contribution in [-0.2, 0) is 6.54 Å². The highest BCUT2D eigenvalue weighted by Crippen LogP contribution is 2.37. The highest BCUT2D eigenvalue weighted by molar-refractivity contribution is 7.11. The average Bonchev–Trinajstić information content (AvgIpc) is 3.17. The zero-order valence-corrected chi connectivity index (χ0v) is 14.7. The molecule has 1 aliphatic heterocycles. The van der Waals surface area contributed by atoms with Crippen molar-refractivity contribution in [3.8, 4) is 0 Å². The van der Waals surface area contributed by atoms with Crippen LogP contribution in [0.5, 0.6) is 0 Å². The molecule has 1 N–H and O–H groups in total. The molecule has 0 amide bonds. The van der Waals surface area contributed by atoms with Crippen molar-refractivity contribution < 1.29 is 0 Å². The van der Waals surface area contributed by atoms with Gasteiger partial charge in [0.1, 0.15) is 5.01 Å². The summed E-state index contributed by atoms with van der Waals surface area (Å²) in [5.74, 6) is 1.70. The van der Waals surface area contributed by atoms with Crippen LogP contribution in [0, 0.1) is 25.7 Å². The van der Waals surface area contributed by atoms with E-state index < -0.39 is 0 Å². The van der Waals surface area contributed by atoms with Gasteiger partial charge in [-0.1, -0.05) is 13.8 Å². The summed E-state index contributed by atoms with van der Waals surface area (Å²) in [6.45, 7) is 12.4. The molecule has 3 rings (SSSR count). The van der Waals surface area contributed by atoms with Gasteiger partial charge in [0.2, 0.25) is 0 Å². The third kappa shape index (κ3) is 3.85. The summed E-state index contributed by atoms with van der Waals surface area (Å²) in [5.41, 5.74) is 1.21. The number of nitrogens with zero attached hydrogens (tertiary/aromatic N) is 2. The zero-order chi connectivity index (χ0) is 15.0. The average molecular weight is 308 g/mol. The van der Waals surface area contributed by atoms with Crippen molar-refractivity contribution in [1.29, 1.82) is 0 Å². The van der Waals surface area contributed by atoms with Crippen molar-refractivity contribution in [3.63, 3.8) is 0 Å². The molecule has 3 nitrogen and oxygen atoms in total. The SMILES string of the molecule is Cc1nc(CN2CC(CC(C)C)NCC2C2CC2)sc1C. The van der Waals surface area contributed by atoms with E-state index in [0.717, 1.165) is 24.4 Å². The molecule has 0 radical (unpaired) electrons. The van der Waals surface area contributed by atoms with E-state index in [1.807, 2.05) is 11.3 Å². The third-order valence-corrected chi connectivity index (χ3v) is 5.93. The number of thiazole rings is 1. The lowest BCUT2D eigenvalue weighted by Gasteiger charge is -2.41. The predicted molar refractivity (Wildman–Crippen MR) is 89.8 cm³/mol. The fourth-order valence-corrected chi connectivity index (χ4v) is 4.49. The molecule has 2 unspecified atom stereocenters. The van der Waals surface area contributed by atoms with Crippen LogP contribution in [0.1, 0.15) is 48.7 Å². The normalized spacial score (nSPS) is 27.5. The lowest BCUT2D eigenvalue weighted by Crippen LogP contribution is -2.57. The molecular formula is C17H29N3S. The largest absolute Gasteiger partial charge is 0.311 e. The van der Waals surface area contributed by atoms with Crippen molar-refractivity contribution in [3.05, 3.63) is 15.6 Å². The second-order valence-corrected chi connectivity index (χ2v) is 8.61. The van der Waals surface area contributed by atoms with Gasteiger partial charge < -0.3 is 5.32 Å². The van der Waals surface area contributed by atoms with Gasteiger partial charge in [0.05, 0.1) is 12.2 Å². The Balaban J connectivity index is 1.67. The van der Waals surface area contributed by atoms with Crippen molar-refractivity contribution in [1.82, 2.24) is 15.2 Å². The number of aromatic nitrogens is 1. The smallest absolute Gasteiger partial charge is 0.107 e. The summed E-state index contributed by atoms with van der Waals surface area (Å²) in [7, 11) is 0. The Labute approximate surface area is 133 Å². The van der Waals surface area contributed by atoms with Gasteiger partial charge in [-0.25, -0.2) is 4.98 Å². The molecule has 0 aromatic carbocycles. The first-order valence-electron chi connectivity index (χ1n) is 8.43. The van der Waals surface area contributed by atoms with E-state index in [2.05, 4.69) is 37.9 Å². The fourth-order valence-electron chi connectivity index (χ4n) is 3.53. The summed E-state index contributed by atoms with van der Waals surface area (Å²) in [6, 6.07) is 1.39. The van der Waals surface area contributed by atoms with Crippen LogP contribution in [0.25, 0.3) is 0 Å². The highest BCUT2D eigenvalue weighted by Gasteiger charge is 2.39. The Morgan fingerprint density at radius 3 is 2.67 bits per heavy atom. The Morgan fingerprint density at radius 2 is 2.10 bits per heavy atom. The molecule has 4 heteroatoms. The summed E-state index contributed by atoms with van der Waals surface area (Å²) >= 11 is 1.88. The Bertz CT molecular complexity index is 459. The van der Waals surface area contributed by atoms with Crippen LogP contribution in [0.15, 0.2) is 0 Å². The second kappa shape index (κ2) is 6.35. The van der Waals surface area contributed by atoms with Crippen molar-refractivity contribution in [2.75, 3.05) is 13.1 Å². The van der Waals surface area contributed by atoms with Gasteiger partial charge in [-0.15, -0.1) is 11.3 Å². The summed E-state index contributed by atoms with van der Waals surface area (Å²) < 4.78 is 0. The topological polar surface area (TPSA) is 28.2 Å². The van der Waals surface area contributed by atoms with E-state index >= 15 is 0 Å². The number of rotatable bonds is 5. The summed E-state index contributed by atoms with van der Waals surface area (Å²) in [4.78, 5) is 8.86. The maximum absolute atomic E-state index is 4.76. The predicted octanol–water partition coefficient (Wildman–Crippen LogP) is 3.36. The monoisotopic (exact) mass is 307 g/mol. The second-order valence-electron chi connectivity index (χ2n) is 7.32. The van der Waals surface area contributed by atoms with Gasteiger partial charge in [-0.2, -0.15) is 0 Å². The maximum Gasteiger partial charge on any atom is 0.107 e. The molecule has 2 atom stereocenters. The van der Waals surface area contributed by atoms with E-state index in [1.54, 1.807) is 0 Å². The number of piperazine rings is 1. The van der Waals surface area contributed by atoms with E-state index in [4.69, 9.17) is 4.98 Å². The maximum atomic E-state index is 4.76. The van der Waals surface area contributed by atoms with Crippen LogP contribution >= 0.6 is 11.3 Å². The molecule has 0 spiro atoms. The first-order valence-corrected chi connectivity index (χ1v) is 9.25. The molecule has 1 aromatic rings. The van der Waals surface area contributed by atoms with Crippen molar-refractivity contribution >= 4 is 11.3 Å². The highest BCUT2D eigenvalue weighted by atomic mass is 32.1. The van der Waals surface area contributed by atoms with Crippen LogP contribution in [0.2, 0.25) is 0 Å². The minimum atomic E-state index is 0.655. The Morgan fingerprint density at radius 1 is 1.33 bits per heavy atom. The van der Waals surface area contributed by atoms with Crippen LogP contribution in [0.3, 0.4) is 0 Å². The Kier molecular flexibility index (Phi) is 4.67. The first-order chi connectivity index (χ1) is 10.0. The molecule has 2 aliphatic rings. The molecule has 1 aromatic heterocycles. The summed E-state index contributed by atoms with van der Waals surface area (Å²) in [6.07, 6.45) is 4.13. The molecule has 1 saturated carbocycles. The summed E-state index contributed by atoms with van der Waals surface area (Å²) in [5, 5.41) is 5.10. The number of hydrogen-bond acceptors (Lipinski definition) is 4. The van der Waals surface area contributed by atoms with Gasteiger partial charge in [0.15, 0.2) is 0 Å². The fraction of sp³-hybridized carbons (Fsp3) is 0.824. The molecule has 2 fully saturated rings. The van der Waals surface area contributed by atoms with Crippen LogP contribution in [-0.4, -0.2) is 35.1 Å². The quantitative estimate of drug-likeness (QED) is 0.904. The standard InChI is InChI=1S/C17H29N3S/c1-11(2)7-15-9-20(16(8-18-15)14-5-6-14)10-17-19-12(3)13(4)21-17/h11,14-16,18H,5-10H2,1-4H3. The zero-order valence-electron chi connectivity index (χ0n) is 13.9. The Hall–Kier alpha value is -0.450. The van der Waals surface area contributed by atoms with Crippen LogP contribution in [0.4, 0.5) is 0 Å². The van der Waals surface area contributed by atoms with Gasteiger partial charge in [0.25, 0.3) is 0 Å². The first kappa shape index (κ1) is 15.4. The lowest BCUT2D eigenvalue weighted by molar-refractivity contribution is 0.100. The van der Waals surface area contributed by atoms with Gasteiger partial charge >= 0.3 is 0 Å². The molecular weight excluding hydrogens is 278 g/mol. The van der Waals surface area contributed by atoms with E-state index in [9.17, 15) is 0 Å². The third-order valence-electron chi connectivity index (χ3n) is 4.87. The van der Waals surface area contributed by atoms with E-state index in [1.165, 1.54) is 47.9 Å². The minimum Gasteiger partial charge on any atom is -0.311 e. The lowest BCUT2D eigenvalue weighted by atomic mass is 9.98. The van der Waals surface area contributed by atoms with E-state index in [0.29, 0.717) is 6.04 Å². The molecule has 0 bridgehead atoms. The molecule has 1 saturated heterocycles. The molecule has 1 aliphatic carbocycles. The van der Waals surface area contributed by atoms with Crippen LogP contribution < -0.4 is 5.32 Å². The van der Waals surface area contributed by atoms with Crippen molar-refractivity contribution in [2.24, 2.45) is 11.8 Å².